The molecule has 1 saturated carbocycles. The molecule has 248 valence electrons. The number of aliphatic hydroxyl groups is 2. The Morgan fingerprint density at radius 1 is 1.04 bits per heavy atom. The van der Waals surface area contributed by atoms with Crippen molar-refractivity contribution in [2.24, 2.45) is 5.92 Å². The van der Waals surface area contributed by atoms with Gasteiger partial charge in [-0.2, -0.15) is 0 Å². The van der Waals surface area contributed by atoms with E-state index < -0.39 is 11.7 Å². The SMILES string of the molecule is CN(CCc1cnc([C@](O)(c2ccccc2)C2CCCCC2)o1)Cc1ccc(CCNC[C@H](O)c2ccc(O)c3[nH]c(=O)ccc23)s1. The van der Waals surface area contributed by atoms with Gasteiger partial charge >= 0.3 is 0 Å². The van der Waals surface area contributed by atoms with Crippen LogP contribution in [0.5, 0.6) is 5.75 Å². The van der Waals surface area contributed by atoms with Crippen molar-refractivity contribution in [3.8, 4) is 5.75 Å². The number of phenols is 1. The van der Waals surface area contributed by atoms with E-state index in [4.69, 9.17) is 4.42 Å². The van der Waals surface area contributed by atoms with Crippen LogP contribution < -0.4 is 10.9 Å². The van der Waals surface area contributed by atoms with Crippen molar-refractivity contribution in [1.29, 1.82) is 0 Å². The zero-order chi connectivity index (χ0) is 32.8. The smallest absolute Gasteiger partial charge is 0.248 e. The second kappa shape index (κ2) is 15.0. The summed E-state index contributed by atoms with van der Waals surface area (Å²) in [5.74, 6) is 1.26. The van der Waals surface area contributed by atoms with E-state index in [2.05, 4.69) is 39.4 Å². The van der Waals surface area contributed by atoms with Gasteiger partial charge in [-0.25, -0.2) is 4.98 Å². The topological polar surface area (TPSA) is 135 Å². The molecule has 5 aromatic rings. The Morgan fingerprint density at radius 2 is 1.83 bits per heavy atom. The van der Waals surface area contributed by atoms with E-state index in [9.17, 15) is 20.1 Å². The molecule has 0 unspecified atom stereocenters. The lowest BCUT2D eigenvalue weighted by atomic mass is 9.73. The molecule has 0 amide bonds. The monoisotopic (exact) mass is 656 g/mol. The van der Waals surface area contributed by atoms with Crippen LogP contribution in [-0.2, 0) is 25.0 Å². The normalized spacial score (nSPS) is 16.1. The number of aromatic amines is 1. The van der Waals surface area contributed by atoms with E-state index in [1.807, 2.05) is 30.3 Å². The third kappa shape index (κ3) is 7.69. The van der Waals surface area contributed by atoms with Gasteiger partial charge in [0.25, 0.3) is 0 Å². The minimum Gasteiger partial charge on any atom is -0.506 e. The quantitative estimate of drug-likeness (QED) is 0.0970. The van der Waals surface area contributed by atoms with E-state index >= 15 is 0 Å². The van der Waals surface area contributed by atoms with E-state index in [-0.39, 0.29) is 17.2 Å². The highest BCUT2D eigenvalue weighted by atomic mass is 32.1. The van der Waals surface area contributed by atoms with Gasteiger partial charge < -0.3 is 34.9 Å². The van der Waals surface area contributed by atoms with Gasteiger partial charge in [0.15, 0.2) is 5.60 Å². The molecular formula is C37H44N4O5S. The van der Waals surface area contributed by atoms with Crippen LogP contribution in [0.4, 0.5) is 0 Å². The van der Waals surface area contributed by atoms with Crippen LogP contribution in [-0.4, -0.2) is 56.9 Å². The average Bonchev–Trinajstić information content (AvgIpc) is 3.76. The van der Waals surface area contributed by atoms with Crippen molar-refractivity contribution in [1.82, 2.24) is 20.2 Å². The Hall–Kier alpha value is -3.80. The van der Waals surface area contributed by atoms with Crippen LogP contribution in [0.2, 0.25) is 0 Å². The molecule has 0 radical (unpaired) electrons. The van der Waals surface area contributed by atoms with Crippen molar-refractivity contribution < 1.29 is 19.7 Å². The molecule has 1 fully saturated rings. The molecule has 2 aromatic carbocycles. The van der Waals surface area contributed by atoms with Crippen LogP contribution in [0.15, 0.2) is 82.1 Å². The van der Waals surface area contributed by atoms with Crippen LogP contribution in [0.3, 0.4) is 0 Å². The lowest BCUT2D eigenvalue weighted by molar-refractivity contribution is -0.0239. The molecule has 0 saturated heterocycles. The predicted molar refractivity (Wildman–Crippen MR) is 185 cm³/mol. The number of thiophene rings is 1. The minimum absolute atomic E-state index is 0.0192. The standard InChI is InChI=1S/C37H44N4O5S/c1-41(21-19-27-22-39-36(46-27)37(45,25-8-4-2-5-9-25)26-10-6-3-7-11-26)24-29-13-12-28(47-29)18-20-38-23-33(43)30-14-16-32(42)35-31(30)15-17-34(44)40-35/h2,4-5,8-9,12-17,22,26,33,38,42-43,45H,3,6-7,10-11,18-21,23-24H2,1H3,(H,40,44)/t33-,37-/m0/s1. The Labute approximate surface area is 278 Å². The zero-order valence-corrected chi connectivity index (χ0v) is 27.6. The number of hydrogen-bond acceptors (Lipinski definition) is 9. The maximum absolute atomic E-state index is 12.1. The lowest BCUT2D eigenvalue weighted by Gasteiger charge is -2.36. The number of nitrogens with zero attached hydrogens (tertiary/aromatic N) is 2. The first kappa shape index (κ1) is 33.1. The molecule has 0 spiro atoms. The number of phenolic OH excluding ortho intramolecular Hbond substituents is 1. The summed E-state index contributed by atoms with van der Waals surface area (Å²) >= 11 is 1.79. The molecule has 1 aliphatic carbocycles. The highest BCUT2D eigenvalue weighted by Gasteiger charge is 2.44. The molecule has 9 nitrogen and oxygen atoms in total. The van der Waals surface area contributed by atoms with Crippen molar-refractivity contribution in [2.45, 2.75) is 63.2 Å². The van der Waals surface area contributed by atoms with Gasteiger partial charge in [0.2, 0.25) is 11.4 Å². The number of benzene rings is 2. The van der Waals surface area contributed by atoms with Gasteiger partial charge in [0, 0.05) is 59.7 Å². The summed E-state index contributed by atoms with van der Waals surface area (Å²) in [5.41, 5.74) is 0.321. The second-order valence-electron chi connectivity index (χ2n) is 12.7. The van der Waals surface area contributed by atoms with Crippen molar-refractivity contribution in [3.05, 3.63) is 116 Å². The van der Waals surface area contributed by atoms with Crippen LogP contribution >= 0.6 is 11.3 Å². The van der Waals surface area contributed by atoms with Gasteiger partial charge in [-0.3, -0.25) is 4.79 Å². The summed E-state index contributed by atoms with van der Waals surface area (Å²) in [6, 6.07) is 20.4. The number of rotatable bonds is 14. The lowest BCUT2D eigenvalue weighted by Crippen LogP contribution is -2.38. The Balaban J connectivity index is 0.978. The van der Waals surface area contributed by atoms with Gasteiger partial charge in [-0.05, 0) is 61.7 Å². The Morgan fingerprint density at radius 3 is 2.64 bits per heavy atom. The summed E-state index contributed by atoms with van der Waals surface area (Å²) in [5, 5.41) is 36.9. The summed E-state index contributed by atoms with van der Waals surface area (Å²) in [4.78, 5) is 23.7. The first-order valence-electron chi connectivity index (χ1n) is 16.5. The van der Waals surface area contributed by atoms with E-state index in [0.29, 0.717) is 41.9 Å². The summed E-state index contributed by atoms with van der Waals surface area (Å²) in [6.07, 6.45) is 7.92. The van der Waals surface area contributed by atoms with Gasteiger partial charge in [0.05, 0.1) is 17.8 Å². The van der Waals surface area contributed by atoms with Gasteiger partial charge in [0.1, 0.15) is 11.5 Å². The number of pyridine rings is 1. The van der Waals surface area contributed by atoms with E-state index in [1.165, 1.54) is 28.3 Å². The number of aromatic hydroxyl groups is 1. The fourth-order valence-corrected chi connectivity index (χ4v) is 7.84. The fraction of sp³-hybridized carbons (Fsp3) is 0.405. The molecule has 10 heteroatoms. The third-order valence-corrected chi connectivity index (χ3v) is 10.5. The summed E-state index contributed by atoms with van der Waals surface area (Å²) in [6.45, 7) is 2.69. The molecule has 0 aliphatic heterocycles. The molecule has 1 aliphatic rings. The molecule has 0 bridgehead atoms. The number of nitrogens with one attached hydrogen (secondary N) is 2. The van der Waals surface area contributed by atoms with Crippen LogP contribution in [0.1, 0.15) is 70.7 Å². The molecule has 47 heavy (non-hydrogen) atoms. The number of oxazole rings is 1. The minimum atomic E-state index is -1.21. The number of hydrogen-bond donors (Lipinski definition) is 5. The Bertz CT molecular complexity index is 1810. The van der Waals surface area contributed by atoms with Gasteiger partial charge in [-0.1, -0.05) is 55.7 Å². The fourth-order valence-electron chi connectivity index (χ4n) is 6.74. The first-order valence-corrected chi connectivity index (χ1v) is 17.4. The zero-order valence-electron chi connectivity index (χ0n) is 26.8. The van der Waals surface area contributed by atoms with E-state index in [0.717, 1.165) is 56.5 Å². The molecule has 3 aromatic heterocycles. The highest BCUT2D eigenvalue weighted by molar-refractivity contribution is 7.11. The number of H-pyrrole nitrogens is 1. The van der Waals surface area contributed by atoms with Crippen molar-refractivity contribution >= 4 is 22.2 Å². The molecule has 6 rings (SSSR count). The summed E-state index contributed by atoms with van der Waals surface area (Å²) < 4.78 is 6.26. The number of likely N-dealkylation sites (N-methyl/N-ethyl adjacent to an activating group) is 1. The van der Waals surface area contributed by atoms with Crippen molar-refractivity contribution in [2.75, 3.05) is 26.7 Å². The third-order valence-electron chi connectivity index (χ3n) is 9.32. The number of aromatic nitrogens is 2. The summed E-state index contributed by atoms with van der Waals surface area (Å²) in [7, 11) is 2.10. The first-order chi connectivity index (χ1) is 22.8. The average molecular weight is 657 g/mol. The van der Waals surface area contributed by atoms with Crippen LogP contribution in [0, 0.1) is 5.92 Å². The number of aliphatic hydroxyl groups excluding tert-OH is 1. The Kier molecular flexibility index (Phi) is 10.5. The molecule has 5 N–H and O–H groups in total. The maximum Gasteiger partial charge on any atom is 0.248 e. The van der Waals surface area contributed by atoms with Gasteiger partial charge in [-0.15, -0.1) is 11.3 Å². The largest absolute Gasteiger partial charge is 0.506 e. The predicted octanol–water partition coefficient (Wildman–Crippen LogP) is 5.64. The van der Waals surface area contributed by atoms with Crippen LogP contribution in [0.25, 0.3) is 10.9 Å². The number of fused-ring (bicyclic) bond motifs is 1. The van der Waals surface area contributed by atoms with E-state index in [1.54, 1.807) is 29.7 Å². The maximum atomic E-state index is 12.1. The molecular weight excluding hydrogens is 612 g/mol. The molecule has 3 heterocycles. The van der Waals surface area contributed by atoms with Crippen molar-refractivity contribution in [3.63, 3.8) is 0 Å². The highest BCUT2D eigenvalue weighted by Crippen LogP contribution is 2.43. The molecule has 2 atom stereocenters. The second-order valence-corrected chi connectivity index (χ2v) is 14.0.